The minimum Gasteiger partial charge on any atom is -0.277 e. The van der Waals surface area contributed by atoms with Crippen LogP contribution < -0.4 is 0 Å². The molecular formula is C46H30N4S. The summed E-state index contributed by atoms with van der Waals surface area (Å²) in [5.74, 6) is 1.87. The number of thiophene rings is 1. The molecular weight excluding hydrogens is 641 g/mol. The van der Waals surface area contributed by atoms with Gasteiger partial charge in [0.1, 0.15) is 0 Å². The van der Waals surface area contributed by atoms with Crippen LogP contribution in [0.15, 0.2) is 158 Å². The summed E-state index contributed by atoms with van der Waals surface area (Å²) in [7, 11) is 0. The molecule has 51 heavy (non-hydrogen) atoms. The highest BCUT2D eigenvalue weighted by atomic mass is 32.1. The van der Waals surface area contributed by atoms with Gasteiger partial charge in [-0.15, -0.1) is 11.3 Å². The first kappa shape index (κ1) is 29.5. The highest BCUT2D eigenvalue weighted by molar-refractivity contribution is 7.27. The SMILES string of the molecule is C/C=C/c1ccc2c(c1)c1c3ccccc3c3sc4c(-c5ccccc5)cccc4c3c1n2-c1nc(-c2ccccc2)nc(-c2ccccc2)n1. The molecule has 5 heteroatoms. The van der Waals surface area contributed by atoms with E-state index in [-0.39, 0.29) is 0 Å². The van der Waals surface area contributed by atoms with Crippen molar-refractivity contribution in [2.75, 3.05) is 0 Å². The predicted molar refractivity (Wildman–Crippen MR) is 216 cm³/mol. The monoisotopic (exact) mass is 670 g/mol. The number of hydrogen-bond donors (Lipinski definition) is 0. The zero-order valence-electron chi connectivity index (χ0n) is 27.8. The summed E-state index contributed by atoms with van der Waals surface area (Å²) in [6.07, 6.45) is 4.26. The lowest BCUT2D eigenvalue weighted by atomic mass is 9.97. The van der Waals surface area contributed by atoms with Gasteiger partial charge in [-0.25, -0.2) is 4.98 Å². The van der Waals surface area contributed by atoms with Gasteiger partial charge in [0.2, 0.25) is 5.95 Å². The molecule has 0 amide bonds. The highest BCUT2D eigenvalue weighted by Gasteiger charge is 2.25. The number of fused-ring (bicyclic) bond motifs is 10. The van der Waals surface area contributed by atoms with Gasteiger partial charge in [0.25, 0.3) is 0 Å². The molecule has 0 N–H and O–H groups in total. The van der Waals surface area contributed by atoms with Gasteiger partial charge in [-0.2, -0.15) is 9.97 Å². The maximum Gasteiger partial charge on any atom is 0.238 e. The zero-order valence-corrected chi connectivity index (χ0v) is 28.6. The molecule has 0 bridgehead atoms. The summed E-state index contributed by atoms with van der Waals surface area (Å²) in [5.41, 5.74) is 7.65. The molecule has 3 aromatic heterocycles. The van der Waals surface area contributed by atoms with Crippen molar-refractivity contribution in [3.63, 3.8) is 0 Å². The Bertz CT molecular complexity index is 2900. The van der Waals surface area contributed by atoms with Crippen LogP contribution >= 0.6 is 11.3 Å². The Morgan fingerprint density at radius 2 is 1.12 bits per heavy atom. The summed E-state index contributed by atoms with van der Waals surface area (Å²) >= 11 is 1.87. The molecule has 10 rings (SSSR count). The van der Waals surface area contributed by atoms with Crippen LogP contribution in [0, 0.1) is 0 Å². The number of benzene rings is 7. The average molecular weight is 671 g/mol. The number of aromatic nitrogens is 4. The average Bonchev–Trinajstić information content (AvgIpc) is 3.75. The number of allylic oxidation sites excluding steroid dienone is 1. The summed E-state index contributed by atoms with van der Waals surface area (Å²) in [4.78, 5) is 15.6. The van der Waals surface area contributed by atoms with E-state index < -0.39 is 0 Å². The van der Waals surface area contributed by atoms with Crippen molar-refractivity contribution in [2.24, 2.45) is 0 Å². The quantitative estimate of drug-likeness (QED) is 0.183. The molecule has 0 radical (unpaired) electrons. The minimum absolute atomic E-state index is 0.594. The van der Waals surface area contributed by atoms with Crippen LogP contribution in [0.25, 0.3) is 98.7 Å². The fourth-order valence-corrected chi connectivity index (χ4v) is 8.88. The second kappa shape index (κ2) is 11.9. The summed E-state index contributed by atoms with van der Waals surface area (Å²) in [6.45, 7) is 2.06. The normalized spacial score (nSPS) is 11.9. The van der Waals surface area contributed by atoms with Gasteiger partial charge in [-0.3, -0.25) is 4.57 Å². The van der Waals surface area contributed by atoms with E-state index in [1.54, 1.807) is 0 Å². The first-order chi connectivity index (χ1) is 25.3. The molecule has 0 fully saturated rings. The van der Waals surface area contributed by atoms with Crippen LogP contribution in [0.3, 0.4) is 0 Å². The third kappa shape index (κ3) is 4.70. The van der Waals surface area contributed by atoms with Gasteiger partial charge in [0, 0.05) is 47.5 Å². The van der Waals surface area contributed by atoms with E-state index in [2.05, 4.69) is 139 Å². The Balaban J connectivity index is 1.42. The van der Waals surface area contributed by atoms with E-state index in [0.29, 0.717) is 17.6 Å². The molecule has 0 spiro atoms. The second-order valence-corrected chi connectivity index (χ2v) is 13.8. The van der Waals surface area contributed by atoms with Crippen LogP contribution in [0.4, 0.5) is 0 Å². The summed E-state index contributed by atoms with van der Waals surface area (Å²) in [6, 6.07) is 53.4. The molecule has 3 heterocycles. The Hall–Kier alpha value is -6.43. The summed E-state index contributed by atoms with van der Waals surface area (Å²) in [5, 5.41) is 7.28. The van der Waals surface area contributed by atoms with E-state index in [4.69, 9.17) is 15.0 Å². The molecule has 0 aliphatic rings. The van der Waals surface area contributed by atoms with E-state index in [0.717, 1.165) is 27.7 Å². The van der Waals surface area contributed by atoms with Crippen molar-refractivity contribution in [1.82, 2.24) is 19.5 Å². The zero-order chi connectivity index (χ0) is 33.9. The molecule has 7 aromatic carbocycles. The molecule has 0 saturated heterocycles. The minimum atomic E-state index is 0.594. The maximum atomic E-state index is 5.28. The Kier molecular flexibility index (Phi) is 6.86. The van der Waals surface area contributed by atoms with Crippen LogP contribution in [0.1, 0.15) is 12.5 Å². The fraction of sp³-hybridized carbons (Fsp3) is 0.0217. The molecule has 0 aliphatic heterocycles. The predicted octanol–water partition coefficient (Wildman–Crippen LogP) is 12.5. The van der Waals surface area contributed by atoms with Crippen LogP contribution in [0.5, 0.6) is 0 Å². The van der Waals surface area contributed by atoms with E-state index >= 15 is 0 Å². The second-order valence-electron chi connectivity index (χ2n) is 12.8. The Morgan fingerprint density at radius 1 is 0.510 bits per heavy atom. The van der Waals surface area contributed by atoms with Crippen molar-refractivity contribution in [1.29, 1.82) is 0 Å². The number of hydrogen-bond acceptors (Lipinski definition) is 4. The van der Waals surface area contributed by atoms with Crippen molar-refractivity contribution in [3.8, 4) is 39.9 Å². The van der Waals surface area contributed by atoms with Gasteiger partial charge in [-0.1, -0.05) is 152 Å². The lowest BCUT2D eigenvalue weighted by Crippen LogP contribution is -2.06. The Labute approximate surface area is 298 Å². The van der Waals surface area contributed by atoms with E-state index in [9.17, 15) is 0 Å². The molecule has 10 aromatic rings. The standard InChI is InChI=1S/C46H30N4S/c1-2-15-29-26-27-38-37(28-29)39-34-22-12-13-23-35(34)43-40(36-25-14-24-33(42(36)51-43)30-16-6-3-7-17-30)41(39)50(38)46-48-44(31-18-8-4-9-19-31)47-45(49-46)32-20-10-5-11-21-32/h2-28H,1H3/b15-2+. The topological polar surface area (TPSA) is 43.6 Å². The van der Waals surface area contributed by atoms with E-state index in [1.165, 1.54) is 52.8 Å². The largest absolute Gasteiger partial charge is 0.277 e. The van der Waals surface area contributed by atoms with Crippen LogP contribution in [-0.4, -0.2) is 19.5 Å². The molecule has 0 saturated carbocycles. The van der Waals surface area contributed by atoms with Crippen LogP contribution in [0.2, 0.25) is 0 Å². The van der Waals surface area contributed by atoms with Gasteiger partial charge in [0.05, 0.1) is 11.0 Å². The first-order valence-corrected chi connectivity index (χ1v) is 18.0. The molecule has 0 unspecified atom stereocenters. The van der Waals surface area contributed by atoms with Gasteiger partial charge in [0.15, 0.2) is 11.6 Å². The molecule has 240 valence electrons. The first-order valence-electron chi connectivity index (χ1n) is 17.2. The third-order valence-corrected chi connectivity index (χ3v) is 11.0. The summed E-state index contributed by atoms with van der Waals surface area (Å²) < 4.78 is 4.82. The smallest absolute Gasteiger partial charge is 0.238 e. The van der Waals surface area contributed by atoms with Gasteiger partial charge >= 0.3 is 0 Å². The molecule has 4 nitrogen and oxygen atoms in total. The highest BCUT2D eigenvalue weighted by Crippen LogP contribution is 2.49. The molecule has 0 atom stereocenters. The number of rotatable bonds is 5. The van der Waals surface area contributed by atoms with Gasteiger partial charge in [-0.05, 0) is 41.1 Å². The molecule has 0 aliphatic carbocycles. The van der Waals surface area contributed by atoms with Crippen molar-refractivity contribution < 1.29 is 0 Å². The lowest BCUT2D eigenvalue weighted by molar-refractivity contribution is 0.955. The van der Waals surface area contributed by atoms with E-state index in [1.807, 2.05) is 47.7 Å². The fourth-order valence-electron chi connectivity index (χ4n) is 7.51. The van der Waals surface area contributed by atoms with Crippen molar-refractivity contribution in [3.05, 3.63) is 163 Å². The lowest BCUT2D eigenvalue weighted by Gasteiger charge is -2.12. The van der Waals surface area contributed by atoms with Crippen LogP contribution in [-0.2, 0) is 0 Å². The van der Waals surface area contributed by atoms with Crippen molar-refractivity contribution >= 4 is 70.2 Å². The Morgan fingerprint density at radius 3 is 1.78 bits per heavy atom. The van der Waals surface area contributed by atoms with Gasteiger partial charge < -0.3 is 0 Å². The van der Waals surface area contributed by atoms with Crippen molar-refractivity contribution in [2.45, 2.75) is 6.92 Å². The third-order valence-electron chi connectivity index (χ3n) is 9.72. The number of nitrogens with zero attached hydrogens (tertiary/aromatic N) is 4. The maximum absolute atomic E-state index is 5.28.